The molecule has 0 aliphatic heterocycles. The zero-order valence-electron chi connectivity index (χ0n) is 18.9. The summed E-state index contributed by atoms with van der Waals surface area (Å²) in [4.78, 5) is 36.7. The van der Waals surface area contributed by atoms with Gasteiger partial charge in [-0.1, -0.05) is 32.9 Å². The van der Waals surface area contributed by atoms with Gasteiger partial charge in [-0.25, -0.2) is 9.59 Å². The van der Waals surface area contributed by atoms with Crippen molar-refractivity contribution in [3.8, 4) is 11.5 Å². The minimum atomic E-state index is -0.751. The third-order valence-electron chi connectivity index (χ3n) is 4.61. The van der Waals surface area contributed by atoms with Gasteiger partial charge in [0.15, 0.2) is 0 Å². The number of hydrogen-bond donors (Lipinski definition) is 1. The number of fused-ring (bicyclic) bond motifs is 1. The molecule has 0 aliphatic rings. The fraction of sp³-hybridized carbons (Fsp3) is 0.269. The number of carbonyl (C=O) groups excluding carboxylic acids is 2. The van der Waals surface area contributed by atoms with Crippen LogP contribution in [-0.4, -0.2) is 25.0 Å². The van der Waals surface area contributed by atoms with Crippen molar-refractivity contribution in [3.63, 3.8) is 0 Å². The second-order valence-electron chi connectivity index (χ2n) is 7.92. The molecule has 0 spiro atoms. The number of rotatable bonds is 9. The fourth-order valence-electron chi connectivity index (χ4n) is 2.91. The SMILES string of the molecule is CCCOc1ccc(/C=C/C(=O)Oc2ccc3cc(C(=O)NCC(C)C)c(=O)oc3c2)cc1. The second-order valence-corrected chi connectivity index (χ2v) is 7.92. The largest absolute Gasteiger partial charge is 0.494 e. The molecule has 2 aromatic carbocycles. The Kier molecular flexibility index (Phi) is 8.02. The molecule has 0 saturated heterocycles. The van der Waals surface area contributed by atoms with Crippen LogP contribution in [0.25, 0.3) is 17.0 Å². The van der Waals surface area contributed by atoms with Crippen LogP contribution in [-0.2, 0) is 4.79 Å². The minimum absolute atomic E-state index is 0.0676. The maximum Gasteiger partial charge on any atom is 0.349 e. The van der Waals surface area contributed by atoms with Gasteiger partial charge in [-0.15, -0.1) is 0 Å². The quantitative estimate of drug-likeness (QED) is 0.222. The summed E-state index contributed by atoms with van der Waals surface area (Å²) in [5.74, 6) is 0.194. The Morgan fingerprint density at radius 3 is 2.48 bits per heavy atom. The van der Waals surface area contributed by atoms with E-state index in [0.717, 1.165) is 17.7 Å². The smallest absolute Gasteiger partial charge is 0.349 e. The molecule has 3 rings (SSSR count). The molecule has 0 aliphatic carbocycles. The summed E-state index contributed by atoms with van der Waals surface area (Å²) in [6.45, 7) is 7.06. The molecular formula is C26H27NO6. The summed E-state index contributed by atoms with van der Waals surface area (Å²) in [6, 6.07) is 13.5. The lowest BCUT2D eigenvalue weighted by Gasteiger charge is -2.08. The third kappa shape index (κ3) is 6.80. The molecule has 7 heteroatoms. The molecular weight excluding hydrogens is 422 g/mol. The molecule has 0 atom stereocenters. The molecule has 33 heavy (non-hydrogen) atoms. The van der Waals surface area contributed by atoms with Gasteiger partial charge in [-0.3, -0.25) is 4.79 Å². The Bertz CT molecular complexity index is 1210. The molecule has 0 saturated carbocycles. The molecule has 1 aromatic heterocycles. The van der Waals surface area contributed by atoms with E-state index in [9.17, 15) is 14.4 Å². The highest BCUT2D eigenvalue weighted by Crippen LogP contribution is 2.21. The van der Waals surface area contributed by atoms with Crippen LogP contribution in [0.1, 0.15) is 43.1 Å². The summed E-state index contributed by atoms with van der Waals surface area (Å²) in [5.41, 5.74) is 0.223. The van der Waals surface area contributed by atoms with Gasteiger partial charge in [0.2, 0.25) is 0 Å². The van der Waals surface area contributed by atoms with E-state index in [1.165, 1.54) is 18.2 Å². The zero-order valence-corrected chi connectivity index (χ0v) is 18.9. The first-order valence-electron chi connectivity index (χ1n) is 10.8. The Balaban J connectivity index is 1.67. The molecule has 1 N–H and O–H groups in total. The first kappa shape index (κ1) is 23.8. The number of carbonyl (C=O) groups is 2. The molecule has 172 valence electrons. The molecule has 3 aromatic rings. The molecule has 1 amide bonds. The normalized spacial score (nSPS) is 11.2. The zero-order chi connectivity index (χ0) is 23.8. The van der Waals surface area contributed by atoms with Crippen molar-refractivity contribution in [1.29, 1.82) is 0 Å². The highest BCUT2D eigenvalue weighted by atomic mass is 16.5. The van der Waals surface area contributed by atoms with Gasteiger partial charge in [0.1, 0.15) is 22.6 Å². The second kappa shape index (κ2) is 11.1. The van der Waals surface area contributed by atoms with Crippen molar-refractivity contribution in [3.05, 3.63) is 76.2 Å². The number of ether oxygens (including phenoxy) is 2. The van der Waals surface area contributed by atoms with Crippen LogP contribution in [0.15, 0.2) is 63.8 Å². The van der Waals surface area contributed by atoms with E-state index in [2.05, 4.69) is 5.32 Å². The summed E-state index contributed by atoms with van der Waals surface area (Å²) in [6.07, 6.45) is 3.88. The van der Waals surface area contributed by atoms with Crippen LogP contribution in [0, 0.1) is 5.92 Å². The van der Waals surface area contributed by atoms with E-state index in [0.29, 0.717) is 18.5 Å². The highest BCUT2D eigenvalue weighted by molar-refractivity contribution is 5.97. The number of esters is 1. The van der Waals surface area contributed by atoms with Gasteiger partial charge in [0, 0.05) is 24.1 Å². The molecule has 0 fully saturated rings. The van der Waals surface area contributed by atoms with E-state index in [1.807, 2.05) is 45.0 Å². The van der Waals surface area contributed by atoms with Crippen molar-refractivity contribution < 1.29 is 23.5 Å². The van der Waals surface area contributed by atoms with E-state index in [1.54, 1.807) is 18.2 Å². The number of amides is 1. The van der Waals surface area contributed by atoms with E-state index in [-0.39, 0.29) is 22.8 Å². The molecule has 1 heterocycles. The fourth-order valence-corrected chi connectivity index (χ4v) is 2.91. The van der Waals surface area contributed by atoms with Gasteiger partial charge in [-0.2, -0.15) is 0 Å². The lowest BCUT2D eigenvalue weighted by Crippen LogP contribution is -2.31. The van der Waals surface area contributed by atoms with Crippen molar-refractivity contribution in [2.24, 2.45) is 5.92 Å². The van der Waals surface area contributed by atoms with Gasteiger partial charge in [0.25, 0.3) is 5.91 Å². The summed E-state index contributed by atoms with van der Waals surface area (Å²) in [5, 5.41) is 3.24. The maximum absolute atomic E-state index is 12.2. The Morgan fingerprint density at radius 2 is 1.79 bits per heavy atom. The van der Waals surface area contributed by atoms with Crippen molar-refractivity contribution in [2.45, 2.75) is 27.2 Å². The van der Waals surface area contributed by atoms with Crippen LogP contribution in [0.4, 0.5) is 0 Å². The van der Waals surface area contributed by atoms with Crippen LogP contribution < -0.4 is 20.4 Å². The van der Waals surface area contributed by atoms with E-state index >= 15 is 0 Å². The van der Waals surface area contributed by atoms with Gasteiger partial charge < -0.3 is 19.2 Å². The van der Waals surface area contributed by atoms with Crippen molar-refractivity contribution >= 4 is 28.9 Å². The Hall–Kier alpha value is -3.87. The van der Waals surface area contributed by atoms with Crippen molar-refractivity contribution in [1.82, 2.24) is 5.32 Å². The monoisotopic (exact) mass is 449 g/mol. The first-order valence-corrected chi connectivity index (χ1v) is 10.8. The van der Waals surface area contributed by atoms with E-state index < -0.39 is 17.5 Å². The molecule has 7 nitrogen and oxygen atoms in total. The minimum Gasteiger partial charge on any atom is -0.494 e. The lowest BCUT2D eigenvalue weighted by molar-refractivity contribution is -0.128. The number of hydrogen-bond acceptors (Lipinski definition) is 6. The van der Waals surface area contributed by atoms with Gasteiger partial charge in [-0.05, 0) is 54.3 Å². The van der Waals surface area contributed by atoms with Crippen LogP contribution in [0.3, 0.4) is 0 Å². The highest BCUT2D eigenvalue weighted by Gasteiger charge is 2.14. The average molecular weight is 450 g/mol. The number of benzene rings is 2. The first-order chi connectivity index (χ1) is 15.9. The van der Waals surface area contributed by atoms with Crippen LogP contribution in [0.2, 0.25) is 0 Å². The van der Waals surface area contributed by atoms with Crippen LogP contribution >= 0.6 is 0 Å². The molecule has 0 radical (unpaired) electrons. The Labute approximate surface area is 192 Å². The van der Waals surface area contributed by atoms with Crippen molar-refractivity contribution in [2.75, 3.05) is 13.2 Å². The average Bonchev–Trinajstić information content (AvgIpc) is 2.80. The Morgan fingerprint density at radius 1 is 1.06 bits per heavy atom. The summed E-state index contributed by atoms with van der Waals surface area (Å²) < 4.78 is 16.1. The third-order valence-corrected chi connectivity index (χ3v) is 4.61. The topological polar surface area (TPSA) is 94.8 Å². The predicted octanol–water partition coefficient (Wildman–Crippen LogP) is 4.59. The standard InChI is InChI=1S/C26H27NO6/c1-4-13-31-20-9-5-18(6-10-20)7-12-24(28)32-21-11-8-19-14-22(25(29)27-16-17(2)3)26(30)33-23(19)15-21/h5-12,14-15,17H,4,13,16H2,1-3H3,(H,27,29)/b12-7+. The molecule has 0 bridgehead atoms. The van der Waals surface area contributed by atoms with Gasteiger partial charge in [0.05, 0.1) is 6.61 Å². The van der Waals surface area contributed by atoms with Crippen LogP contribution in [0.5, 0.6) is 11.5 Å². The maximum atomic E-state index is 12.2. The van der Waals surface area contributed by atoms with Gasteiger partial charge >= 0.3 is 11.6 Å². The number of nitrogens with one attached hydrogen (secondary N) is 1. The summed E-state index contributed by atoms with van der Waals surface area (Å²) >= 11 is 0. The van der Waals surface area contributed by atoms with E-state index in [4.69, 9.17) is 13.9 Å². The lowest BCUT2D eigenvalue weighted by atomic mass is 10.1. The molecule has 0 unspecified atom stereocenters. The predicted molar refractivity (Wildman–Crippen MR) is 127 cm³/mol. The summed E-state index contributed by atoms with van der Waals surface area (Å²) in [7, 11) is 0.